The minimum atomic E-state index is -0.495. The third-order valence-electron chi connectivity index (χ3n) is 8.50. The Morgan fingerprint density at radius 1 is 1.00 bits per heavy atom. The molecular formula is C31H41N7O4. The number of carbonyl (C=O) groups excluding carboxylic acids is 1. The first-order chi connectivity index (χ1) is 20.1. The highest BCUT2D eigenvalue weighted by Crippen LogP contribution is 2.43. The molecule has 224 valence electrons. The summed E-state index contributed by atoms with van der Waals surface area (Å²) in [6.07, 6.45) is 7.48. The van der Waals surface area contributed by atoms with Crippen molar-refractivity contribution in [1.82, 2.24) is 24.9 Å². The van der Waals surface area contributed by atoms with Gasteiger partial charge in [-0.05, 0) is 70.2 Å². The van der Waals surface area contributed by atoms with Gasteiger partial charge in [-0.2, -0.15) is 5.10 Å². The minimum absolute atomic E-state index is 0.125. The topological polar surface area (TPSA) is 98.1 Å². The van der Waals surface area contributed by atoms with Gasteiger partial charge in [-0.15, -0.1) is 10.2 Å². The molecule has 5 heterocycles. The number of likely N-dealkylation sites (N-methyl/N-ethyl adjacent to an activating group) is 1. The number of anilines is 2. The molecule has 0 N–H and O–H groups in total. The van der Waals surface area contributed by atoms with Crippen molar-refractivity contribution in [3.63, 3.8) is 0 Å². The summed E-state index contributed by atoms with van der Waals surface area (Å²) in [6.45, 7) is 7.66. The van der Waals surface area contributed by atoms with E-state index in [9.17, 15) is 4.79 Å². The Kier molecular flexibility index (Phi) is 7.46. The molecule has 2 atom stereocenters. The molecule has 0 radical (unpaired) electrons. The van der Waals surface area contributed by atoms with Crippen molar-refractivity contribution < 1.29 is 19.0 Å². The van der Waals surface area contributed by atoms with Gasteiger partial charge in [-0.3, -0.25) is 4.68 Å². The molecule has 3 aliphatic rings. The molecule has 0 spiro atoms. The van der Waals surface area contributed by atoms with Crippen LogP contribution in [0.1, 0.15) is 46.5 Å². The second-order valence-electron chi connectivity index (χ2n) is 12.6. The van der Waals surface area contributed by atoms with Crippen molar-refractivity contribution in [3.8, 4) is 28.1 Å². The third-order valence-corrected chi connectivity index (χ3v) is 8.50. The molecule has 3 aliphatic heterocycles. The van der Waals surface area contributed by atoms with Crippen LogP contribution in [0.5, 0.6) is 5.75 Å². The molecule has 2 fully saturated rings. The normalized spacial score (nSPS) is 21.9. The fourth-order valence-corrected chi connectivity index (χ4v) is 6.57. The average Bonchev–Trinajstić information content (AvgIpc) is 3.51. The molecular weight excluding hydrogens is 534 g/mol. The van der Waals surface area contributed by atoms with E-state index in [4.69, 9.17) is 24.4 Å². The Morgan fingerprint density at radius 2 is 1.76 bits per heavy atom. The van der Waals surface area contributed by atoms with E-state index in [1.807, 2.05) is 57.2 Å². The number of carbonyl (C=O) groups is 1. The van der Waals surface area contributed by atoms with Gasteiger partial charge in [0.1, 0.15) is 11.4 Å². The number of aryl methyl sites for hydroxylation is 1. The van der Waals surface area contributed by atoms with Crippen LogP contribution in [0.25, 0.3) is 22.4 Å². The summed E-state index contributed by atoms with van der Waals surface area (Å²) < 4.78 is 18.8. The zero-order chi connectivity index (χ0) is 29.6. The summed E-state index contributed by atoms with van der Waals surface area (Å²) in [5, 5.41) is 13.8. The van der Waals surface area contributed by atoms with E-state index in [2.05, 4.69) is 34.1 Å². The lowest BCUT2D eigenvalue weighted by molar-refractivity contribution is 0.00580. The largest absolute Gasteiger partial charge is 0.467 e. The maximum atomic E-state index is 13.0. The highest BCUT2D eigenvalue weighted by Gasteiger charge is 2.47. The van der Waals surface area contributed by atoms with E-state index in [1.165, 1.54) is 0 Å². The zero-order valence-electron chi connectivity index (χ0n) is 25.4. The second-order valence-corrected chi connectivity index (χ2v) is 12.6. The Balaban J connectivity index is 1.27. The van der Waals surface area contributed by atoms with Crippen LogP contribution in [0, 0.1) is 0 Å². The summed E-state index contributed by atoms with van der Waals surface area (Å²) in [6, 6.07) is 8.86. The van der Waals surface area contributed by atoms with E-state index in [-0.39, 0.29) is 25.0 Å². The van der Waals surface area contributed by atoms with Crippen LogP contribution in [0.15, 0.2) is 36.7 Å². The summed E-state index contributed by atoms with van der Waals surface area (Å²) in [4.78, 5) is 19.7. The molecule has 1 amide bonds. The number of hydrogen-bond donors (Lipinski definition) is 0. The fraction of sp³-hybridized carbons (Fsp3) is 0.548. The van der Waals surface area contributed by atoms with Crippen LogP contribution in [0.2, 0.25) is 0 Å². The Bertz CT molecular complexity index is 1440. The molecule has 2 aromatic heterocycles. The lowest BCUT2D eigenvalue weighted by Gasteiger charge is -2.46. The zero-order valence-corrected chi connectivity index (χ0v) is 25.4. The second kappa shape index (κ2) is 11.1. The number of benzene rings is 1. The van der Waals surface area contributed by atoms with Gasteiger partial charge in [0.05, 0.1) is 17.6 Å². The highest BCUT2D eigenvalue weighted by atomic mass is 16.7. The van der Waals surface area contributed by atoms with Crippen molar-refractivity contribution in [1.29, 1.82) is 0 Å². The summed E-state index contributed by atoms with van der Waals surface area (Å²) >= 11 is 0. The van der Waals surface area contributed by atoms with Gasteiger partial charge < -0.3 is 28.9 Å². The van der Waals surface area contributed by atoms with Crippen LogP contribution in [-0.2, 0) is 16.5 Å². The molecule has 11 heteroatoms. The summed E-state index contributed by atoms with van der Waals surface area (Å²) in [5.41, 5.74) is 4.15. The summed E-state index contributed by atoms with van der Waals surface area (Å²) in [5.74, 6) is 1.57. The minimum Gasteiger partial charge on any atom is -0.467 e. The average molecular weight is 576 g/mol. The Morgan fingerprint density at radius 3 is 2.43 bits per heavy atom. The smallest absolute Gasteiger partial charge is 0.410 e. The SMILES string of the molecule is COCOc1cc(-c2cnn(C)c2)ccc1-c1cc2c(nn1)N(C1CC3CCC(C1)N3C(=O)OC(C)(C)C)CCN2C. The lowest BCUT2D eigenvalue weighted by atomic mass is 9.95. The van der Waals surface area contributed by atoms with Gasteiger partial charge >= 0.3 is 6.09 Å². The first-order valence-electron chi connectivity index (χ1n) is 14.7. The maximum absolute atomic E-state index is 13.0. The van der Waals surface area contributed by atoms with E-state index < -0.39 is 5.60 Å². The number of amides is 1. The van der Waals surface area contributed by atoms with Gasteiger partial charge in [0.2, 0.25) is 0 Å². The molecule has 2 bridgehead atoms. The van der Waals surface area contributed by atoms with Gasteiger partial charge in [0, 0.05) is 69.7 Å². The molecule has 2 saturated heterocycles. The maximum Gasteiger partial charge on any atom is 0.410 e. The predicted molar refractivity (Wildman–Crippen MR) is 161 cm³/mol. The standard InChI is InChI=1S/C31H41N7O4/c1-31(2,3)42-30(39)38-22-8-9-23(38)15-24(14-22)37-12-11-35(4)27-16-26(33-34-29(27)37)25-10-7-20(13-28(25)41-19-40-6)21-17-32-36(5)18-21/h7,10,13,16-18,22-24H,8-9,11-12,14-15,19H2,1-6H3. The van der Waals surface area contributed by atoms with Crippen LogP contribution in [0.4, 0.5) is 16.3 Å². The quantitative estimate of drug-likeness (QED) is 0.387. The number of fused-ring (bicyclic) bond motifs is 3. The van der Waals surface area contributed by atoms with E-state index in [0.717, 1.165) is 72.7 Å². The molecule has 6 rings (SSSR count). The van der Waals surface area contributed by atoms with E-state index in [0.29, 0.717) is 11.8 Å². The fourth-order valence-electron chi connectivity index (χ4n) is 6.57. The molecule has 1 aromatic carbocycles. The van der Waals surface area contributed by atoms with Crippen LogP contribution >= 0.6 is 0 Å². The van der Waals surface area contributed by atoms with Gasteiger partial charge in [-0.1, -0.05) is 6.07 Å². The number of nitrogens with zero attached hydrogens (tertiary/aromatic N) is 7. The number of ether oxygens (including phenoxy) is 3. The van der Waals surface area contributed by atoms with Crippen LogP contribution in [0.3, 0.4) is 0 Å². The number of methoxy groups -OCH3 is 1. The molecule has 3 aromatic rings. The van der Waals surface area contributed by atoms with E-state index in [1.54, 1.807) is 11.8 Å². The van der Waals surface area contributed by atoms with Gasteiger partial charge in [-0.25, -0.2) is 4.79 Å². The molecule has 0 aliphatic carbocycles. The Labute approximate surface area is 247 Å². The van der Waals surface area contributed by atoms with E-state index >= 15 is 0 Å². The van der Waals surface area contributed by atoms with Crippen molar-refractivity contribution in [2.45, 2.75) is 70.2 Å². The van der Waals surface area contributed by atoms with Crippen molar-refractivity contribution in [3.05, 3.63) is 36.7 Å². The first-order valence-corrected chi connectivity index (χ1v) is 14.7. The van der Waals surface area contributed by atoms with Gasteiger partial charge in [0.15, 0.2) is 12.6 Å². The Hall–Kier alpha value is -3.86. The predicted octanol–water partition coefficient (Wildman–Crippen LogP) is 4.71. The van der Waals surface area contributed by atoms with Crippen LogP contribution < -0.4 is 14.5 Å². The first kappa shape index (κ1) is 28.3. The van der Waals surface area contributed by atoms with Crippen molar-refractivity contribution in [2.24, 2.45) is 7.05 Å². The molecule has 11 nitrogen and oxygen atoms in total. The van der Waals surface area contributed by atoms with Crippen LogP contribution in [-0.4, -0.2) is 88.7 Å². The highest BCUT2D eigenvalue weighted by molar-refractivity contribution is 5.79. The van der Waals surface area contributed by atoms with Crippen molar-refractivity contribution in [2.75, 3.05) is 43.8 Å². The number of rotatable bonds is 6. The third kappa shape index (κ3) is 5.49. The number of aromatic nitrogens is 4. The lowest BCUT2D eigenvalue weighted by Crippen LogP contribution is -2.55. The number of piperidine rings is 1. The van der Waals surface area contributed by atoms with Gasteiger partial charge in [0.25, 0.3) is 0 Å². The monoisotopic (exact) mass is 575 g/mol. The summed E-state index contributed by atoms with van der Waals surface area (Å²) in [7, 11) is 5.61. The molecule has 0 saturated carbocycles. The molecule has 42 heavy (non-hydrogen) atoms. The van der Waals surface area contributed by atoms with Crippen molar-refractivity contribution >= 4 is 17.6 Å². The molecule has 2 unspecified atom stereocenters. The number of hydrogen-bond acceptors (Lipinski definition) is 9.